The number of rotatable bonds is 2. The van der Waals surface area contributed by atoms with Gasteiger partial charge in [0.25, 0.3) is 0 Å². The molecule has 1 aliphatic rings. The Hall–Kier alpha value is -1.60. The normalized spacial score (nSPS) is 16.4. The average molecular weight is 257 g/mol. The summed E-state index contributed by atoms with van der Waals surface area (Å²) in [5.41, 5.74) is 2.35. The second kappa shape index (κ2) is 5.15. The number of nitrogen functional groups attached to an aromatic ring is 1. The van der Waals surface area contributed by atoms with Crippen LogP contribution in [0, 0.1) is 0 Å². The largest absolute Gasteiger partial charge is 0.354 e. The van der Waals surface area contributed by atoms with E-state index in [-0.39, 0.29) is 18.4 Å². The molecular formula is C9H13ClN6O. The number of anilines is 2. The third kappa shape index (κ3) is 2.75. The van der Waals surface area contributed by atoms with Crippen LogP contribution >= 0.6 is 11.6 Å². The molecule has 1 aromatic heterocycles. The quantitative estimate of drug-likeness (QED) is 0.499. The molecule has 1 saturated heterocycles. The van der Waals surface area contributed by atoms with Gasteiger partial charge >= 0.3 is 0 Å². The van der Waals surface area contributed by atoms with Gasteiger partial charge in [0.2, 0.25) is 11.9 Å². The summed E-state index contributed by atoms with van der Waals surface area (Å²) in [4.78, 5) is 21.3. The number of carbonyl (C=O) groups excluding carboxylic acids is 1. The summed E-state index contributed by atoms with van der Waals surface area (Å²) in [5, 5.41) is 3.19. The van der Waals surface area contributed by atoms with Crippen LogP contribution in [0.15, 0.2) is 6.20 Å². The third-order valence-corrected chi connectivity index (χ3v) is 2.68. The molecule has 0 saturated carbocycles. The number of amides is 1. The molecule has 7 nitrogen and oxygen atoms in total. The molecule has 4 N–H and O–H groups in total. The molecule has 8 heteroatoms. The van der Waals surface area contributed by atoms with Crippen LogP contribution in [0.2, 0.25) is 5.02 Å². The van der Waals surface area contributed by atoms with E-state index in [2.05, 4.69) is 20.7 Å². The summed E-state index contributed by atoms with van der Waals surface area (Å²) >= 11 is 6.02. The van der Waals surface area contributed by atoms with E-state index >= 15 is 0 Å². The third-order valence-electron chi connectivity index (χ3n) is 2.42. The Morgan fingerprint density at radius 3 is 3.18 bits per heavy atom. The Morgan fingerprint density at radius 2 is 2.41 bits per heavy atom. The molecule has 1 aromatic rings. The van der Waals surface area contributed by atoms with E-state index in [4.69, 9.17) is 17.4 Å². The number of hydrogen-bond donors (Lipinski definition) is 3. The lowest BCUT2D eigenvalue weighted by Gasteiger charge is -2.21. The van der Waals surface area contributed by atoms with Crippen LogP contribution in [0.25, 0.3) is 0 Å². The van der Waals surface area contributed by atoms with Crippen LogP contribution in [-0.2, 0) is 4.79 Å². The zero-order chi connectivity index (χ0) is 12.3. The summed E-state index contributed by atoms with van der Waals surface area (Å²) in [6.07, 6.45) is 2.30. The standard InChI is InChI=1S/C9H13ClN6O/c10-6-4-13-9(15-11)14-8(6)16-3-1-2-12-7(17)5-16/h4H,1-3,5,11H2,(H,12,17)(H,13,14,15). The van der Waals surface area contributed by atoms with E-state index in [1.165, 1.54) is 6.20 Å². The van der Waals surface area contributed by atoms with Gasteiger partial charge in [-0.25, -0.2) is 10.8 Å². The van der Waals surface area contributed by atoms with Crippen molar-refractivity contribution in [3.8, 4) is 0 Å². The van der Waals surface area contributed by atoms with E-state index in [0.717, 1.165) is 6.42 Å². The lowest BCUT2D eigenvalue weighted by Crippen LogP contribution is -2.33. The zero-order valence-electron chi connectivity index (χ0n) is 9.11. The van der Waals surface area contributed by atoms with Gasteiger partial charge in [-0.05, 0) is 6.42 Å². The first-order chi connectivity index (χ1) is 8.20. The van der Waals surface area contributed by atoms with Gasteiger partial charge in [0, 0.05) is 13.1 Å². The highest BCUT2D eigenvalue weighted by Gasteiger charge is 2.19. The second-order valence-corrected chi connectivity index (χ2v) is 4.04. The van der Waals surface area contributed by atoms with Crippen molar-refractivity contribution in [2.24, 2.45) is 5.84 Å². The predicted molar refractivity (Wildman–Crippen MR) is 64.7 cm³/mol. The van der Waals surface area contributed by atoms with Crippen LogP contribution < -0.4 is 21.5 Å². The van der Waals surface area contributed by atoms with Gasteiger partial charge in [0.15, 0.2) is 5.82 Å². The molecule has 0 aromatic carbocycles. The molecule has 92 valence electrons. The Kier molecular flexibility index (Phi) is 3.60. The van der Waals surface area contributed by atoms with Gasteiger partial charge in [-0.2, -0.15) is 4.98 Å². The molecule has 1 aliphatic heterocycles. The fraction of sp³-hybridized carbons (Fsp3) is 0.444. The summed E-state index contributed by atoms with van der Waals surface area (Å²) in [7, 11) is 0. The number of nitrogens with one attached hydrogen (secondary N) is 2. The molecule has 0 bridgehead atoms. The van der Waals surface area contributed by atoms with Gasteiger partial charge in [-0.3, -0.25) is 10.2 Å². The van der Waals surface area contributed by atoms with Crippen LogP contribution in [0.1, 0.15) is 6.42 Å². The fourth-order valence-corrected chi connectivity index (χ4v) is 1.85. The minimum atomic E-state index is -0.0422. The van der Waals surface area contributed by atoms with E-state index in [1.54, 1.807) is 0 Å². The second-order valence-electron chi connectivity index (χ2n) is 3.63. The van der Waals surface area contributed by atoms with Crippen molar-refractivity contribution in [3.05, 3.63) is 11.2 Å². The monoisotopic (exact) mass is 256 g/mol. The highest BCUT2D eigenvalue weighted by molar-refractivity contribution is 6.32. The molecule has 0 atom stereocenters. The minimum absolute atomic E-state index is 0.0422. The smallest absolute Gasteiger partial charge is 0.239 e. The topological polar surface area (TPSA) is 96.2 Å². The number of nitrogens with two attached hydrogens (primary N) is 1. The maximum Gasteiger partial charge on any atom is 0.239 e. The summed E-state index contributed by atoms with van der Waals surface area (Å²) in [6.45, 7) is 1.61. The van der Waals surface area contributed by atoms with Gasteiger partial charge in [0.05, 0.1) is 12.7 Å². The maximum absolute atomic E-state index is 11.5. The first-order valence-electron chi connectivity index (χ1n) is 5.21. The average Bonchev–Trinajstić information content (AvgIpc) is 2.54. The molecule has 17 heavy (non-hydrogen) atoms. The van der Waals surface area contributed by atoms with Crippen molar-refractivity contribution in [1.82, 2.24) is 15.3 Å². The number of nitrogens with zero attached hydrogens (tertiary/aromatic N) is 3. The number of carbonyl (C=O) groups is 1. The first kappa shape index (κ1) is 11.9. The van der Waals surface area contributed by atoms with Crippen LogP contribution in [0.3, 0.4) is 0 Å². The highest BCUT2D eigenvalue weighted by atomic mass is 35.5. The minimum Gasteiger partial charge on any atom is -0.354 e. The van der Waals surface area contributed by atoms with Crippen molar-refractivity contribution < 1.29 is 4.79 Å². The van der Waals surface area contributed by atoms with E-state index < -0.39 is 0 Å². The molecule has 0 radical (unpaired) electrons. The molecular weight excluding hydrogens is 244 g/mol. The Labute approximate surface area is 103 Å². The first-order valence-corrected chi connectivity index (χ1v) is 5.59. The Balaban J connectivity index is 2.27. The van der Waals surface area contributed by atoms with E-state index in [0.29, 0.717) is 23.9 Å². The number of hydrazine groups is 1. The number of halogens is 1. The maximum atomic E-state index is 11.5. The van der Waals surface area contributed by atoms with Gasteiger partial charge in [-0.15, -0.1) is 0 Å². The van der Waals surface area contributed by atoms with Crippen molar-refractivity contribution in [1.29, 1.82) is 0 Å². The Bertz CT molecular complexity index is 426. The Morgan fingerprint density at radius 1 is 1.59 bits per heavy atom. The molecule has 2 heterocycles. The van der Waals surface area contributed by atoms with Crippen molar-refractivity contribution in [2.45, 2.75) is 6.42 Å². The molecule has 0 aliphatic carbocycles. The van der Waals surface area contributed by atoms with Crippen molar-refractivity contribution >= 4 is 29.3 Å². The van der Waals surface area contributed by atoms with Crippen LogP contribution in [-0.4, -0.2) is 35.5 Å². The summed E-state index contributed by atoms with van der Waals surface area (Å²) < 4.78 is 0. The summed E-state index contributed by atoms with van der Waals surface area (Å²) in [6, 6.07) is 0. The van der Waals surface area contributed by atoms with Crippen molar-refractivity contribution in [2.75, 3.05) is 30.0 Å². The molecule has 1 fully saturated rings. The number of hydrogen-bond acceptors (Lipinski definition) is 6. The molecule has 0 unspecified atom stereocenters. The summed E-state index contributed by atoms with van der Waals surface area (Å²) in [5.74, 6) is 5.99. The zero-order valence-corrected chi connectivity index (χ0v) is 9.87. The van der Waals surface area contributed by atoms with Crippen LogP contribution in [0.5, 0.6) is 0 Å². The molecule has 1 amide bonds. The highest BCUT2D eigenvalue weighted by Crippen LogP contribution is 2.23. The van der Waals surface area contributed by atoms with E-state index in [9.17, 15) is 4.79 Å². The van der Waals surface area contributed by atoms with Gasteiger partial charge in [0.1, 0.15) is 5.02 Å². The SMILES string of the molecule is NNc1ncc(Cl)c(N2CCCNC(=O)C2)n1. The number of aromatic nitrogens is 2. The van der Waals surface area contributed by atoms with Crippen molar-refractivity contribution in [3.63, 3.8) is 0 Å². The lowest BCUT2D eigenvalue weighted by atomic mass is 10.4. The van der Waals surface area contributed by atoms with E-state index in [1.807, 2.05) is 4.90 Å². The van der Waals surface area contributed by atoms with Gasteiger partial charge < -0.3 is 10.2 Å². The van der Waals surface area contributed by atoms with Crippen LogP contribution in [0.4, 0.5) is 11.8 Å². The molecule has 0 spiro atoms. The van der Waals surface area contributed by atoms with Gasteiger partial charge in [-0.1, -0.05) is 11.6 Å². The predicted octanol–water partition coefficient (Wildman–Crippen LogP) is -0.258. The fourth-order valence-electron chi connectivity index (χ4n) is 1.64. The molecule has 2 rings (SSSR count). The lowest BCUT2D eigenvalue weighted by molar-refractivity contribution is -0.119.